The lowest BCUT2D eigenvalue weighted by atomic mass is 10.0. The second-order valence-corrected chi connectivity index (χ2v) is 5.05. The van der Waals surface area contributed by atoms with E-state index in [0.717, 1.165) is 16.9 Å². The molecule has 1 amide bonds. The van der Waals surface area contributed by atoms with E-state index in [9.17, 15) is 4.79 Å². The molecule has 1 heterocycles. The highest BCUT2D eigenvalue weighted by molar-refractivity contribution is 6.29. The topological polar surface area (TPSA) is 64.1 Å². The minimum atomic E-state index is -0.310. The number of halogens is 1. The molecule has 0 aliphatic carbocycles. The molecule has 0 saturated heterocycles. The van der Waals surface area contributed by atoms with E-state index in [1.54, 1.807) is 7.11 Å². The van der Waals surface area contributed by atoms with Crippen LogP contribution in [0.4, 0.5) is 0 Å². The molecule has 21 heavy (non-hydrogen) atoms. The van der Waals surface area contributed by atoms with Crippen LogP contribution in [0.1, 0.15) is 34.6 Å². The molecule has 2 rings (SSSR count). The van der Waals surface area contributed by atoms with Crippen LogP contribution >= 0.6 is 11.6 Å². The number of carbonyl (C=O) groups excluding carboxylic acids is 1. The smallest absolute Gasteiger partial charge is 0.271 e. The molecule has 110 valence electrons. The summed E-state index contributed by atoms with van der Waals surface area (Å²) in [5.41, 5.74) is 2.23. The number of hydrogen-bond donors (Lipinski definition) is 1. The Labute approximate surface area is 128 Å². The third kappa shape index (κ3) is 3.70. The van der Waals surface area contributed by atoms with Gasteiger partial charge in [-0.05, 0) is 19.9 Å². The van der Waals surface area contributed by atoms with Crippen LogP contribution in [0.15, 0.2) is 30.6 Å². The van der Waals surface area contributed by atoms with Crippen molar-refractivity contribution in [3.63, 3.8) is 0 Å². The molecule has 0 fully saturated rings. The first-order valence-corrected chi connectivity index (χ1v) is 6.82. The summed E-state index contributed by atoms with van der Waals surface area (Å²) in [5.74, 6) is 0.422. The van der Waals surface area contributed by atoms with Crippen molar-refractivity contribution in [1.29, 1.82) is 0 Å². The maximum atomic E-state index is 12.1. The Balaban J connectivity index is 2.17. The Kier molecular flexibility index (Phi) is 4.75. The van der Waals surface area contributed by atoms with Gasteiger partial charge in [-0.3, -0.25) is 4.79 Å². The van der Waals surface area contributed by atoms with Crippen LogP contribution in [0, 0.1) is 6.92 Å². The second-order valence-electron chi connectivity index (χ2n) is 4.66. The van der Waals surface area contributed by atoms with Crippen LogP contribution in [0.3, 0.4) is 0 Å². The molecule has 1 unspecified atom stereocenters. The number of methoxy groups -OCH3 is 1. The van der Waals surface area contributed by atoms with E-state index in [-0.39, 0.29) is 22.8 Å². The van der Waals surface area contributed by atoms with E-state index < -0.39 is 0 Å². The summed E-state index contributed by atoms with van der Waals surface area (Å²) in [6.07, 6.45) is 2.69. The lowest BCUT2D eigenvalue weighted by Gasteiger charge is -2.17. The number of aryl methyl sites for hydroxylation is 1. The highest BCUT2D eigenvalue weighted by Crippen LogP contribution is 2.26. The van der Waals surface area contributed by atoms with E-state index in [1.165, 1.54) is 12.4 Å². The SMILES string of the molecule is COc1ccc(C)cc1C(C)NC(=O)c1cnc(Cl)cn1. The summed E-state index contributed by atoms with van der Waals surface area (Å²) in [6.45, 7) is 3.88. The number of benzene rings is 1. The van der Waals surface area contributed by atoms with E-state index in [1.807, 2.05) is 32.0 Å². The minimum absolute atomic E-state index is 0.218. The van der Waals surface area contributed by atoms with Crippen molar-refractivity contribution in [2.75, 3.05) is 7.11 Å². The van der Waals surface area contributed by atoms with Gasteiger partial charge in [0.2, 0.25) is 0 Å². The fourth-order valence-corrected chi connectivity index (χ4v) is 2.07. The van der Waals surface area contributed by atoms with Crippen molar-refractivity contribution >= 4 is 17.5 Å². The lowest BCUT2D eigenvalue weighted by molar-refractivity contribution is 0.0934. The molecule has 1 aromatic heterocycles. The molecule has 6 heteroatoms. The van der Waals surface area contributed by atoms with Crippen LogP contribution in [-0.2, 0) is 0 Å². The number of ether oxygens (including phenoxy) is 1. The van der Waals surface area contributed by atoms with E-state index in [4.69, 9.17) is 16.3 Å². The van der Waals surface area contributed by atoms with E-state index in [0.29, 0.717) is 0 Å². The standard InChI is InChI=1S/C15H16ClN3O2/c1-9-4-5-13(21-3)11(6-9)10(2)19-15(20)12-7-18-14(16)8-17-12/h4-8,10H,1-3H3,(H,19,20). The summed E-state index contributed by atoms with van der Waals surface area (Å²) in [5, 5.41) is 3.12. The monoisotopic (exact) mass is 305 g/mol. The van der Waals surface area contributed by atoms with E-state index in [2.05, 4.69) is 15.3 Å². The van der Waals surface area contributed by atoms with Crippen LogP contribution < -0.4 is 10.1 Å². The fraction of sp³-hybridized carbons (Fsp3) is 0.267. The van der Waals surface area contributed by atoms with Gasteiger partial charge in [0.25, 0.3) is 5.91 Å². The first kappa shape index (κ1) is 15.3. The molecule has 1 N–H and O–H groups in total. The van der Waals surface area contributed by atoms with Crippen molar-refractivity contribution in [3.8, 4) is 5.75 Å². The fourth-order valence-electron chi connectivity index (χ4n) is 1.97. The minimum Gasteiger partial charge on any atom is -0.496 e. The average Bonchev–Trinajstić information content (AvgIpc) is 2.47. The Morgan fingerprint density at radius 3 is 2.71 bits per heavy atom. The van der Waals surface area contributed by atoms with Gasteiger partial charge in [-0.2, -0.15) is 0 Å². The zero-order valence-corrected chi connectivity index (χ0v) is 12.8. The van der Waals surface area contributed by atoms with Crippen LogP contribution in [0.5, 0.6) is 5.75 Å². The predicted octanol–water partition coefficient (Wildman–Crippen LogP) is 2.94. The molecule has 0 radical (unpaired) electrons. The number of nitrogens with one attached hydrogen (secondary N) is 1. The number of nitrogens with zero attached hydrogens (tertiary/aromatic N) is 2. The number of rotatable bonds is 4. The van der Waals surface area contributed by atoms with Gasteiger partial charge in [0.1, 0.15) is 16.6 Å². The highest BCUT2D eigenvalue weighted by atomic mass is 35.5. The van der Waals surface area contributed by atoms with Crippen molar-refractivity contribution in [2.24, 2.45) is 0 Å². The molecule has 0 saturated carbocycles. The third-order valence-corrected chi connectivity index (χ3v) is 3.25. The lowest BCUT2D eigenvalue weighted by Crippen LogP contribution is -2.27. The number of carbonyl (C=O) groups is 1. The average molecular weight is 306 g/mol. The molecule has 5 nitrogen and oxygen atoms in total. The van der Waals surface area contributed by atoms with Gasteiger partial charge in [-0.25, -0.2) is 9.97 Å². The molecule has 2 aromatic rings. The van der Waals surface area contributed by atoms with Crippen LogP contribution in [0.2, 0.25) is 5.15 Å². The molecule has 0 aliphatic heterocycles. The zero-order valence-electron chi connectivity index (χ0n) is 12.1. The highest BCUT2D eigenvalue weighted by Gasteiger charge is 2.16. The Morgan fingerprint density at radius 1 is 1.33 bits per heavy atom. The van der Waals surface area contributed by atoms with Gasteiger partial charge in [0, 0.05) is 5.56 Å². The normalized spacial score (nSPS) is 11.8. The summed E-state index contributed by atoms with van der Waals surface area (Å²) >= 11 is 5.65. The first-order valence-electron chi connectivity index (χ1n) is 6.44. The quantitative estimate of drug-likeness (QED) is 0.943. The first-order chi connectivity index (χ1) is 10.0. The zero-order chi connectivity index (χ0) is 15.4. The Hall–Kier alpha value is -2.14. The summed E-state index contributed by atoms with van der Waals surface area (Å²) < 4.78 is 5.33. The van der Waals surface area contributed by atoms with Gasteiger partial charge >= 0.3 is 0 Å². The van der Waals surface area contributed by atoms with Crippen LogP contribution in [-0.4, -0.2) is 23.0 Å². The Morgan fingerprint density at radius 2 is 2.10 bits per heavy atom. The Bertz CT molecular complexity index is 644. The number of hydrogen-bond acceptors (Lipinski definition) is 4. The second kappa shape index (κ2) is 6.54. The molecule has 1 aromatic carbocycles. The van der Waals surface area contributed by atoms with Gasteiger partial charge in [-0.1, -0.05) is 29.3 Å². The summed E-state index contributed by atoms with van der Waals surface area (Å²) in [7, 11) is 1.60. The largest absolute Gasteiger partial charge is 0.496 e. The van der Waals surface area contributed by atoms with Gasteiger partial charge in [-0.15, -0.1) is 0 Å². The van der Waals surface area contributed by atoms with E-state index >= 15 is 0 Å². The predicted molar refractivity (Wildman–Crippen MR) is 80.7 cm³/mol. The summed E-state index contributed by atoms with van der Waals surface area (Å²) in [4.78, 5) is 19.9. The maximum absolute atomic E-state index is 12.1. The van der Waals surface area contributed by atoms with Crippen molar-refractivity contribution in [1.82, 2.24) is 15.3 Å². The van der Waals surface area contributed by atoms with Gasteiger partial charge in [0.15, 0.2) is 0 Å². The van der Waals surface area contributed by atoms with Crippen molar-refractivity contribution in [2.45, 2.75) is 19.9 Å². The van der Waals surface area contributed by atoms with Gasteiger partial charge in [0.05, 0.1) is 25.5 Å². The molecular formula is C15H16ClN3O2. The number of aromatic nitrogens is 2. The van der Waals surface area contributed by atoms with Crippen molar-refractivity contribution < 1.29 is 9.53 Å². The third-order valence-electron chi connectivity index (χ3n) is 3.05. The van der Waals surface area contributed by atoms with Crippen LogP contribution in [0.25, 0.3) is 0 Å². The van der Waals surface area contributed by atoms with Gasteiger partial charge < -0.3 is 10.1 Å². The summed E-state index contributed by atoms with van der Waals surface area (Å²) in [6, 6.07) is 5.61. The maximum Gasteiger partial charge on any atom is 0.271 e. The van der Waals surface area contributed by atoms with Crippen molar-refractivity contribution in [3.05, 3.63) is 52.6 Å². The molecular weight excluding hydrogens is 290 g/mol. The molecule has 1 atom stereocenters. The molecule has 0 aliphatic rings. The number of amides is 1. The molecule has 0 spiro atoms. The molecule has 0 bridgehead atoms.